The highest BCUT2D eigenvalue weighted by Gasteiger charge is 2.02. The average molecular weight is 354 g/mol. The minimum absolute atomic E-state index is 0.708. The van der Waals surface area contributed by atoms with E-state index in [1.165, 1.54) is 0 Å². The van der Waals surface area contributed by atoms with Crippen LogP contribution in [-0.4, -0.2) is 19.8 Å². The molecule has 0 radical (unpaired) electrons. The van der Waals surface area contributed by atoms with Gasteiger partial charge in [0.25, 0.3) is 0 Å². The van der Waals surface area contributed by atoms with Gasteiger partial charge in [0.05, 0.1) is 19.8 Å². The Balaban J connectivity index is 2.11. The molecule has 3 heteroatoms. The van der Waals surface area contributed by atoms with Gasteiger partial charge in [-0.15, -0.1) is 0 Å². The van der Waals surface area contributed by atoms with Crippen LogP contribution in [0.1, 0.15) is 51.2 Å². The zero-order valence-corrected chi connectivity index (χ0v) is 16.2. The van der Waals surface area contributed by atoms with Gasteiger partial charge in [-0.2, -0.15) is 0 Å². The highest BCUT2D eigenvalue weighted by molar-refractivity contribution is 5.71. The Morgan fingerprint density at radius 3 is 1.54 bits per heavy atom. The van der Waals surface area contributed by atoms with Crippen LogP contribution < -0.4 is 14.2 Å². The van der Waals surface area contributed by atoms with E-state index in [-0.39, 0.29) is 0 Å². The molecule has 0 heterocycles. The SMILES string of the molecule is CCCOc1ccc(/C=C/c2cc(OCCC)cc(OCCC)c2)cc1. The van der Waals surface area contributed by atoms with Gasteiger partial charge >= 0.3 is 0 Å². The molecule has 0 spiro atoms. The minimum atomic E-state index is 0.708. The molecule has 0 fully saturated rings. The van der Waals surface area contributed by atoms with Crippen LogP contribution in [0.5, 0.6) is 17.2 Å². The maximum atomic E-state index is 5.79. The third kappa shape index (κ3) is 6.83. The van der Waals surface area contributed by atoms with Gasteiger partial charge in [0.1, 0.15) is 17.2 Å². The second-order valence-corrected chi connectivity index (χ2v) is 6.19. The zero-order valence-electron chi connectivity index (χ0n) is 16.2. The van der Waals surface area contributed by atoms with Crippen molar-refractivity contribution in [1.82, 2.24) is 0 Å². The predicted molar refractivity (Wildman–Crippen MR) is 109 cm³/mol. The lowest BCUT2D eigenvalue weighted by Gasteiger charge is -2.10. The molecule has 2 rings (SSSR count). The summed E-state index contributed by atoms with van der Waals surface area (Å²) in [5.74, 6) is 2.61. The van der Waals surface area contributed by atoms with E-state index in [0.717, 1.165) is 54.2 Å². The van der Waals surface area contributed by atoms with Gasteiger partial charge in [-0.25, -0.2) is 0 Å². The summed E-state index contributed by atoms with van der Waals surface area (Å²) in [6.07, 6.45) is 7.15. The highest BCUT2D eigenvalue weighted by atomic mass is 16.5. The summed E-state index contributed by atoms with van der Waals surface area (Å²) >= 11 is 0. The fraction of sp³-hybridized carbons (Fsp3) is 0.391. The van der Waals surface area contributed by atoms with Crippen LogP contribution in [0.3, 0.4) is 0 Å². The first-order chi connectivity index (χ1) is 12.7. The molecule has 26 heavy (non-hydrogen) atoms. The summed E-state index contributed by atoms with van der Waals surface area (Å²) in [7, 11) is 0. The molecule has 0 bridgehead atoms. The van der Waals surface area contributed by atoms with Crippen LogP contribution in [-0.2, 0) is 0 Å². The topological polar surface area (TPSA) is 27.7 Å². The smallest absolute Gasteiger partial charge is 0.123 e. The summed E-state index contributed by atoms with van der Waals surface area (Å²) in [4.78, 5) is 0. The molecular formula is C23H30O3. The molecule has 0 N–H and O–H groups in total. The molecule has 140 valence electrons. The number of ether oxygens (including phenoxy) is 3. The highest BCUT2D eigenvalue weighted by Crippen LogP contribution is 2.25. The normalized spacial score (nSPS) is 10.9. The van der Waals surface area contributed by atoms with Crippen molar-refractivity contribution in [3.63, 3.8) is 0 Å². The van der Waals surface area contributed by atoms with Crippen LogP contribution >= 0.6 is 0 Å². The van der Waals surface area contributed by atoms with E-state index < -0.39 is 0 Å². The molecule has 0 saturated heterocycles. The van der Waals surface area contributed by atoms with Crippen molar-refractivity contribution in [1.29, 1.82) is 0 Å². The molecule has 3 nitrogen and oxygen atoms in total. The molecule has 0 aliphatic rings. The van der Waals surface area contributed by atoms with Crippen LogP contribution in [0.4, 0.5) is 0 Å². The first-order valence-electron chi connectivity index (χ1n) is 9.56. The third-order valence-corrected chi connectivity index (χ3v) is 3.67. The van der Waals surface area contributed by atoms with E-state index in [0.29, 0.717) is 13.2 Å². The monoisotopic (exact) mass is 354 g/mol. The van der Waals surface area contributed by atoms with Crippen molar-refractivity contribution in [2.24, 2.45) is 0 Å². The van der Waals surface area contributed by atoms with Crippen molar-refractivity contribution < 1.29 is 14.2 Å². The van der Waals surface area contributed by atoms with Gasteiger partial charge in [0.2, 0.25) is 0 Å². The summed E-state index contributed by atoms with van der Waals surface area (Å²) < 4.78 is 17.2. The van der Waals surface area contributed by atoms with Crippen molar-refractivity contribution in [2.45, 2.75) is 40.0 Å². The van der Waals surface area contributed by atoms with E-state index in [2.05, 4.69) is 45.1 Å². The molecular weight excluding hydrogens is 324 g/mol. The second kappa shape index (κ2) is 11.2. The molecule has 0 aromatic heterocycles. The second-order valence-electron chi connectivity index (χ2n) is 6.19. The van der Waals surface area contributed by atoms with E-state index >= 15 is 0 Å². The van der Waals surface area contributed by atoms with Gasteiger partial charge in [-0.05, 0) is 54.7 Å². The Kier molecular flexibility index (Phi) is 8.61. The van der Waals surface area contributed by atoms with Gasteiger partial charge < -0.3 is 14.2 Å². The Labute approximate surface area is 157 Å². The summed E-state index contributed by atoms with van der Waals surface area (Å²) in [5.41, 5.74) is 2.20. The van der Waals surface area contributed by atoms with Crippen LogP contribution in [0.2, 0.25) is 0 Å². The van der Waals surface area contributed by atoms with Crippen LogP contribution in [0.15, 0.2) is 42.5 Å². The molecule has 0 amide bonds. The fourth-order valence-electron chi connectivity index (χ4n) is 2.38. The maximum Gasteiger partial charge on any atom is 0.123 e. The Hall–Kier alpha value is -2.42. The lowest BCUT2D eigenvalue weighted by Crippen LogP contribution is -1.98. The van der Waals surface area contributed by atoms with Crippen LogP contribution in [0.25, 0.3) is 12.2 Å². The fourth-order valence-corrected chi connectivity index (χ4v) is 2.38. The quantitative estimate of drug-likeness (QED) is 0.448. The number of hydrogen-bond donors (Lipinski definition) is 0. The lowest BCUT2D eigenvalue weighted by molar-refractivity contribution is 0.301. The van der Waals surface area contributed by atoms with Crippen LogP contribution in [0, 0.1) is 0 Å². The van der Waals surface area contributed by atoms with Gasteiger partial charge in [-0.1, -0.05) is 45.1 Å². The molecule has 0 aliphatic carbocycles. The maximum absolute atomic E-state index is 5.79. The van der Waals surface area contributed by atoms with Gasteiger partial charge in [-0.3, -0.25) is 0 Å². The van der Waals surface area contributed by atoms with E-state index in [1.807, 2.05) is 30.3 Å². The lowest BCUT2D eigenvalue weighted by atomic mass is 10.1. The Bertz CT molecular complexity index is 648. The van der Waals surface area contributed by atoms with Crippen molar-refractivity contribution >= 4 is 12.2 Å². The zero-order chi connectivity index (χ0) is 18.6. The first kappa shape index (κ1) is 19.9. The predicted octanol–water partition coefficient (Wildman–Crippen LogP) is 6.22. The van der Waals surface area contributed by atoms with Crippen molar-refractivity contribution in [3.8, 4) is 17.2 Å². The summed E-state index contributed by atoms with van der Waals surface area (Å²) in [6, 6.07) is 14.2. The largest absolute Gasteiger partial charge is 0.494 e. The van der Waals surface area contributed by atoms with Gasteiger partial charge in [0.15, 0.2) is 0 Å². The molecule has 2 aromatic carbocycles. The van der Waals surface area contributed by atoms with Crippen molar-refractivity contribution in [2.75, 3.05) is 19.8 Å². The Morgan fingerprint density at radius 2 is 1.04 bits per heavy atom. The first-order valence-corrected chi connectivity index (χ1v) is 9.56. The Morgan fingerprint density at radius 1 is 0.577 bits per heavy atom. The van der Waals surface area contributed by atoms with E-state index in [4.69, 9.17) is 14.2 Å². The van der Waals surface area contributed by atoms with Crippen molar-refractivity contribution in [3.05, 3.63) is 53.6 Å². The summed E-state index contributed by atoms with van der Waals surface area (Å²) in [6.45, 7) is 8.48. The number of hydrogen-bond acceptors (Lipinski definition) is 3. The third-order valence-electron chi connectivity index (χ3n) is 3.67. The molecule has 0 saturated carbocycles. The van der Waals surface area contributed by atoms with E-state index in [9.17, 15) is 0 Å². The number of rotatable bonds is 11. The molecule has 0 aliphatic heterocycles. The standard InChI is InChI=1S/C23H30O3/c1-4-13-24-21-11-9-19(10-12-21)7-8-20-16-22(25-14-5-2)18-23(17-20)26-15-6-3/h7-12,16-18H,4-6,13-15H2,1-3H3/b8-7+. The number of benzene rings is 2. The average Bonchev–Trinajstić information content (AvgIpc) is 2.68. The summed E-state index contributed by atoms with van der Waals surface area (Å²) in [5, 5.41) is 0. The molecule has 0 atom stereocenters. The minimum Gasteiger partial charge on any atom is -0.494 e. The molecule has 2 aromatic rings. The van der Waals surface area contributed by atoms with Gasteiger partial charge in [0, 0.05) is 6.07 Å². The van der Waals surface area contributed by atoms with E-state index in [1.54, 1.807) is 0 Å². The molecule has 0 unspecified atom stereocenters.